The summed E-state index contributed by atoms with van der Waals surface area (Å²) in [6.07, 6.45) is 1.88. The molecule has 12 heavy (non-hydrogen) atoms. The molecule has 0 aliphatic heterocycles. The van der Waals surface area contributed by atoms with Crippen molar-refractivity contribution >= 4 is 11.6 Å². The molecule has 0 amide bonds. The minimum Gasteiger partial charge on any atom is -0.349 e. The van der Waals surface area contributed by atoms with Crippen LogP contribution in [0.1, 0.15) is 33.6 Å². The molecule has 0 bridgehead atoms. The van der Waals surface area contributed by atoms with Crippen molar-refractivity contribution in [1.29, 1.82) is 0 Å². The highest BCUT2D eigenvalue weighted by atomic mass is 35.5. The van der Waals surface area contributed by atoms with Crippen LogP contribution >= 0.6 is 11.6 Å². The predicted molar refractivity (Wildman–Crippen MR) is 51.6 cm³/mol. The first-order valence-electron chi connectivity index (χ1n) is 4.58. The molecule has 0 aromatic carbocycles. The molecule has 0 unspecified atom stereocenters. The number of alkyl halides is 1. The summed E-state index contributed by atoms with van der Waals surface area (Å²) in [7, 11) is 0. The van der Waals surface area contributed by atoms with Gasteiger partial charge in [-0.05, 0) is 13.8 Å². The molecular formula is C9H19ClO2. The molecule has 0 heterocycles. The number of rotatable bonds is 7. The molecule has 0 saturated carbocycles. The van der Waals surface area contributed by atoms with Crippen LogP contribution in [0.25, 0.3) is 0 Å². The van der Waals surface area contributed by atoms with Crippen molar-refractivity contribution < 1.29 is 9.47 Å². The Morgan fingerprint density at radius 2 is 1.58 bits per heavy atom. The minimum absolute atomic E-state index is 0.405. The van der Waals surface area contributed by atoms with Crippen LogP contribution in [-0.2, 0) is 9.47 Å². The van der Waals surface area contributed by atoms with Crippen LogP contribution in [0.2, 0.25) is 0 Å². The van der Waals surface area contributed by atoms with Crippen LogP contribution in [0.4, 0.5) is 0 Å². The normalized spacial score (nSPS) is 12.0. The molecule has 3 heteroatoms. The van der Waals surface area contributed by atoms with Crippen LogP contribution in [0.5, 0.6) is 0 Å². The SMILES string of the molecule is CCCC(CCl)(OCC)OCC. The maximum absolute atomic E-state index is 5.81. The molecule has 0 aliphatic rings. The van der Waals surface area contributed by atoms with Gasteiger partial charge in [0.05, 0.1) is 5.88 Å². The van der Waals surface area contributed by atoms with Crippen molar-refractivity contribution in [2.24, 2.45) is 0 Å². The van der Waals surface area contributed by atoms with Gasteiger partial charge in [-0.1, -0.05) is 13.3 Å². The van der Waals surface area contributed by atoms with E-state index in [9.17, 15) is 0 Å². The van der Waals surface area contributed by atoms with Gasteiger partial charge in [0.1, 0.15) is 0 Å². The van der Waals surface area contributed by atoms with E-state index in [1.165, 1.54) is 0 Å². The van der Waals surface area contributed by atoms with Crippen molar-refractivity contribution in [1.82, 2.24) is 0 Å². The summed E-state index contributed by atoms with van der Waals surface area (Å²) in [5.74, 6) is -0.137. The molecule has 2 nitrogen and oxygen atoms in total. The van der Waals surface area contributed by atoms with Gasteiger partial charge < -0.3 is 9.47 Å². The third kappa shape index (κ3) is 3.74. The van der Waals surface area contributed by atoms with Crippen LogP contribution < -0.4 is 0 Å². The van der Waals surface area contributed by atoms with Crippen LogP contribution in [0.15, 0.2) is 0 Å². The van der Waals surface area contributed by atoms with E-state index in [0.717, 1.165) is 12.8 Å². The number of ether oxygens (including phenoxy) is 2. The Balaban J connectivity index is 4.06. The lowest BCUT2D eigenvalue weighted by Crippen LogP contribution is -2.38. The van der Waals surface area contributed by atoms with Gasteiger partial charge in [0.15, 0.2) is 5.79 Å². The average Bonchev–Trinajstić information content (AvgIpc) is 2.06. The zero-order chi connectivity index (χ0) is 9.45. The summed E-state index contributed by atoms with van der Waals surface area (Å²) >= 11 is 5.81. The Kier molecular flexibility index (Phi) is 6.81. The number of halogens is 1. The summed E-state index contributed by atoms with van der Waals surface area (Å²) in [5, 5.41) is 0. The minimum atomic E-state index is -0.542. The number of hydrogen-bond donors (Lipinski definition) is 0. The molecule has 0 rings (SSSR count). The lowest BCUT2D eigenvalue weighted by Gasteiger charge is -2.30. The first-order valence-corrected chi connectivity index (χ1v) is 5.12. The Morgan fingerprint density at radius 3 is 1.83 bits per heavy atom. The van der Waals surface area contributed by atoms with E-state index < -0.39 is 5.79 Å². The maximum Gasteiger partial charge on any atom is 0.181 e. The highest BCUT2D eigenvalue weighted by molar-refractivity contribution is 6.18. The Hall–Kier alpha value is 0.210. The van der Waals surface area contributed by atoms with Gasteiger partial charge in [0.25, 0.3) is 0 Å². The molecule has 0 fully saturated rings. The fourth-order valence-electron chi connectivity index (χ4n) is 1.24. The highest BCUT2D eigenvalue weighted by Crippen LogP contribution is 2.21. The Labute approximate surface area is 80.2 Å². The molecule has 0 atom stereocenters. The summed E-state index contributed by atoms with van der Waals surface area (Å²) in [6.45, 7) is 7.30. The van der Waals surface area contributed by atoms with Gasteiger partial charge in [-0.25, -0.2) is 0 Å². The summed E-state index contributed by atoms with van der Waals surface area (Å²) in [4.78, 5) is 0. The lowest BCUT2D eigenvalue weighted by atomic mass is 10.2. The van der Waals surface area contributed by atoms with Crippen molar-refractivity contribution in [2.45, 2.75) is 39.4 Å². The standard InChI is InChI=1S/C9H19ClO2/c1-4-7-9(8-10,11-5-2)12-6-3/h4-8H2,1-3H3. The monoisotopic (exact) mass is 194 g/mol. The molecule has 0 N–H and O–H groups in total. The molecule has 0 aliphatic carbocycles. The fraction of sp³-hybridized carbons (Fsp3) is 1.00. The topological polar surface area (TPSA) is 18.5 Å². The van der Waals surface area contributed by atoms with Crippen LogP contribution in [-0.4, -0.2) is 24.9 Å². The summed E-state index contributed by atoms with van der Waals surface area (Å²) in [5.41, 5.74) is 0. The van der Waals surface area contributed by atoms with E-state index in [2.05, 4.69) is 6.92 Å². The molecule has 0 aromatic heterocycles. The number of hydrogen-bond acceptors (Lipinski definition) is 2. The summed E-state index contributed by atoms with van der Waals surface area (Å²) in [6, 6.07) is 0. The van der Waals surface area contributed by atoms with Crippen molar-refractivity contribution in [2.75, 3.05) is 19.1 Å². The highest BCUT2D eigenvalue weighted by Gasteiger charge is 2.28. The van der Waals surface area contributed by atoms with E-state index in [1.54, 1.807) is 0 Å². The van der Waals surface area contributed by atoms with Crippen molar-refractivity contribution in [3.05, 3.63) is 0 Å². The zero-order valence-electron chi connectivity index (χ0n) is 8.23. The van der Waals surface area contributed by atoms with E-state index in [1.807, 2.05) is 13.8 Å². The van der Waals surface area contributed by atoms with Crippen molar-refractivity contribution in [3.8, 4) is 0 Å². The second-order valence-electron chi connectivity index (χ2n) is 2.66. The second-order valence-corrected chi connectivity index (χ2v) is 2.93. The Bertz CT molecular complexity index is 89.7. The summed E-state index contributed by atoms with van der Waals surface area (Å²) < 4.78 is 11.0. The van der Waals surface area contributed by atoms with Gasteiger partial charge in [0.2, 0.25) is 0 Å². The molecular weight excluding hydrogens is 176 g/mol. The van der Waals surface area contributed by atoms with Gasteiger partial charge in [0, 0.05) is 19.6 Å². The predicted octanol–water partition coefficient (Wildman–Crippen LogP) is 2.79. The molecule has 0 saturated heterocycles. The van der Waals surface area contributed by atoms with Gasteiger partial charge in [-0.2, -0.15) is 0 Å². The molecule has 0 spiro atoms. The van der Waals surface area contributed by atoms with E-state index >= 15 is 0 Å². The van der Waals surface area contributed by atoms with E-state index in [0.29, 0.717) is 19.1 Å². The molecule has 74 valence electrons. The third-order valence-corrected chi connectivity index (χ3v) is 2.06. The van der Waals surface area contributed by atoms with Gasteiger partial charge >= 0.3 is 0 Å². The third-order valence-electron chi connectivity index (χ3n) is 1.65. The van der Waals surface area contributed by atoms with E-state index in [4.69, 9.17) is 21.1 Å². The van der Waals surface area contributed by atoms with Gasteiger partial charge in [-0.15, -0.1) is 11.6 Å². The second kappa shape index (κ2) is 6.70. The fourth-order valence-corrected chi connectivity index (χ4v) is 1.52. The smallest absolute Gasteiger partial charge is 0.181 e. The quantitative estimate of drug-likeness (QED) is 0.459. The zero-order valence-corrected chi connectivity index (χ0v) is 8.99. The van der Waals surface area contributed by atoms with Gasteiger partial charge in [-0.3, -0.25) is 0 Å². The first-order chi connectivity index (χ1) is 5.74. The Morgan fingerprint density at radius 1 is 1.08 bits per heavy atom. The largest absolute Gasteiger partial charge is 0.349 e. The average molecular weight is 195 g/mol. The maximum atomic E-state index is 5.81. The lowest BCUT2D eigenvalue weighted by molar-refractivity contribution is -0.221. The van der Waals surface area contributed by atoms with E-state index in [-0.39, 0.29) is 0 Å². The van der Waals surface area contributed by atoms with Crippen LogP contribution in [0, 0.1) is 0 Å². The van der Waals surface area contributed by atoms with Crippen molar-refractivity contribution in [3.63, 3.8) is 0 Å². The molecule has 0 radical (unpaired) electrons. The first kappa shape index (κ1) is 12.2. The van der Waals surface area contributed by atoms with Crippen LogP contribution in [0.3, 0.4) is 0 Å². The molecule has 0 aromatic rings.